The third-order valence-electron chi connectivity index (χ3n) is 7.66. The summed E-state index contributed by atoms with van der Waals surface area (Å²) in [5, 5.41) is 12.4. The van der Waals surface area contributed by atoms with Gasteiger partial charge in [0.1, 0.15) is 0 Å². The van der Waals surface area contributed by atoms with Crippen LogP contribution in [0.3, 0.4) is 0 Å². The van der Waals surface area contributed by atoms with Crippen molar-refractivity contribution in [2.24, 2.45) is 17.8 Å². The van der Waals surface area contributed by atoms with E-state index in [0.29, 0.717) is 12.1 Å². The summed E-state index contributed by atoms with van der Waals surface area (Å²) in [7, 11) is -7.50. The molecular formula is C24H26ClF3N2O6S2. The Balaban J connectivity index is 1.53. The van der Waals surface area contributed by atoms with Crippen LogP contribution < -0.4 is 10.0 Å². The van der Waals surface area contributed by atoms with E-state index in [-0.39, 0.29) is 64.7 Å². The Morgan fingerprint density at radius 1 is 1.08 bits per heavy atom. The van der Waals surface area contributed by atoms with Gasteiger partial charge in [-0.25, -0.2) is 34.7 Å². The fraction of sp³-hybridized carbons (Fsp3) is 0.458. The minimum absolute atomic E-state index is 0.0251. The van der Waals surface area contributed by atoms with Gasteiger partial charge in [0, 0.05) is 29.9 Å². The van der Waals surface area contributed by atoms with Crippen LogP contribution in [0.1, 0.15) is 36.5 Å². The molecule has 0 heterocycles. The average Bonchev–Trinajstić information content (AvgIpc) is 2.82. The van der Waals surface area contributed by atoms with Crippen LogP contribution in [0.4, 0.5) is 18.9 Å². The van der Waals surface area contributed by atoms with Gasteiger partial charge in [-0.3, -0.25) is 4.79 Å². The number of hydrogen-bond donors (Lipinski definition) is 3. The molecule has 3 saturated carbocycles. The molecule has 2 unspecified atom stereocenters. The van der Waals surface area contributed by atoms with Crippen LogP contribution in [0.5, 0.6) is 0 Å². The van der Waals surface area contributed by atoms with E-state index in [1.54, 1.807) is 0 Å². The Morgan fingerprint density at radius 3 is 2.21 bits per heavy atom. The number of carbonyl (C=O) groups is 1. The van der Waals surface area contributed by atoms with Gasteiger partial charge < -0.3 is 10.4 Å². The predicted molar refractivity (Wildman–Crippen MR) is 134 cm³/mol. The number of sulfonamides is 1. The van der Waals surface area contributed by atoms with Crippen LogP contribution in [-0.4, -0.2) is 51.5 Å². The van der Waals surface area contributed by atoms with Crippen LogP contribution in [0.15, 0.2) is 35.2 Å². The molecule has 38 heavy (non-hydrogen) atoms. The number of benzene rings is 2. The van der Waals surface area contributed by atoms with Gasteiger partial charge >= 0.3 is 0 Å². The Morgan fingerprint density at radius 2 is 1.66 bits per heavy atom. The molecule has 14 heteroatoms. The maximum Gasteiger partial charge on any atom is 0.255 e. The lowest BCUT2D eigenvalue weighted by molar-refractivity contribution is -0.218. The van der Waals surface area contributed by atoms with Gasteiger partial charge in [0.25, 0.3) is 5.91 Å². The summed E-state index contributed by atoms with van der Waals surface area (Å²) in [6.45, 7) is 1.94. The summed E-state index contributed by atoms with van der Waals surface area (Å²) in [5.74, 6) is -6.31. The Kier molecular flexibility index (Phi) is 7.65. The minimum atomic E-state index is -4.06. The molecule has 0 saturated heterocycles. The van der Waals surface area contributed by atoms with Crippen molar-refractivity contribution >= 4 is 43.1 Å². The van der Waals surface area contributed by atoms with E-state index >= 15 is 0 Å². The molecule has 3 aliphatic rings. The topological polar surface area (TPSA) is 130 Å². The molecule has 2 aromatic rings. The summed E-state index contributed by atoms with van der Waals surface area (Å²) in [6.07, 6.45) is 1.40. The van der Waals surface area contributed by atoms with Crippen molar-refractivity contribution in [1.29, 1.82) is 0 Å². The molecule has 3 N–H and O–H groups in total. The van der Waals surface area contributed by atoms with Crippen molar-refractivity contribution in [1.82, 2.24) is 4.72 Å². The quantitative estimate of drug-likeness (QED) is 0.401. The van der Waals surface area contributed by atoms with Gasteiger partial charge in [0.2, 0.25) is 10.0 Å². The fourth-order valence-corrected chi connectivity index (χ4v) is 8.61. The number of fused-ring (bicyclic) bond motifs is 2. The van der Waals surface area contributed by atoms with Gasteiger partial charge in [0.05, 0.1) is 27.0 Å². The number of nitrogens with one attached hydrogen (secondary N) is 2. The first kappa shape index (κ1) is 28.8. The molecule has 2 aromatic carbocycles. The van der Waals surface area contributed by atoms with Crippen molar-refractivity contribution in [2.75, 3.05) is 18.1 Å². The van der Waals surface area contributed by atoms with Crippen molar-refractivity contribution < 1.29 is 39.9 Å². The maximum absolute atomic E-state index is 13.6. The lowest BCUT2D eigenvalue weighted by atomic mass is 9.47. The highest BCUT2D eigenvalue weighted by Crippen LogP contribution is 2.60. The zero-order valence-electron chi connectivity index (χ0n) is 20.3. The molecule has 2 bridgehead atoms. The highest BCUT2D eigenvalue weighted by molar-refractivity contribution is 7.92. The molecule has 1 amide bonds. The smallest absolute Gasteiger partial charge is 0.255 e. The largest absolute Gasteiger partial charge is 0.389 e. The first-order valence-electron chi connectivity index (χ1n) is 11.7. The van der Waals surface area contributed by atoms with Crippen LogP contribution in [-0.2, 0) is 19.9 Å². The molecule has 0 radical (unpaired) electrons. The van der Waals surface area contributed by atoms with Crippen LogP contribution in [0.25, 0.3) is 0 Å². The molecule has 2 atom stereocenters. The summed E-state index contributed by atoms with van der Waals surface area (Å²) < 4.78 is 92.4. The summed E-state index contributed by atoms with van der Waals surface area (Å²) in [6, 6.07) is 4.70. The number of aliphatic hydroxyl groups is 1. The standard InChI is InChI=1S/C24H26ClF3N2O6S2/c1-12-16-10-15(11-17(12)24(16,32)5-6-29-37(2,33)34)38(35,36)21-7-13(3-4-18(21)25)23(31)30-14-8-19(26)22(28)20(27)9-14/h3-4,7-9,12,15-17,29,32H,5-6,10-11H2,1-2H3,(H,30,31). The molecule has 5 rings (SSSR count). The third kappa shape index (κ3) is 5.31. The van der Waals surface area contributed by atoms with Crippen LogP contribution in [0.2, 0.25) is 5.02 Å². The van der Waals surface area contributed by atoms with Crippen LogP contribution in [0, 0.1) is 35.2 Å². The van der Waals surface area contributed by atoms with E-state index in [4.69, 9.17) is 11.6 Å². The normalized spacial score (nSPS) is 27.0. The minimum Gasteiger partial charge on any atom is -0.389 e. The van der Waals surface area contributed by atoms with Gasteiger partial charge in [-0.1, -0.05) is 18.5 Å². The molecule has 8 nitrogen and oxygen atoms in total. The van der Waals surface area contributed by atoms with E-state index in [0.717, 1.165) is 12.3 Å². The van der Waals surface area contributed by atoms with E-state index in [1.807, 2.05) is 6.92 Å². The highest BCUT2D eigenvalue weighted by atomic mass is 35.5. The number of halogens is 4. The Hall–Kier alpha value is -2.19. The van der Waals surface area contributed by atoms with Crippen molar-refractivity contribution in [2.45, 2.75) is 41.9 Å². The molecule has 0 aromatic heterocycles. The summed E-state index contributed by atoms with van der Waals surface area (Å²) >= 11 is 6.20. The number of sulfone groups is 1. The predicted octanol–water partition coefficient (Wildman–Crippen LogP) is 3.50. The molecule has 3 aliphatic carbocycles. The number of carbonyl (C=O) groups excluding carboxylic acids is 1. The Labute approximate surface area is 223 Å². The molecular weight excluding hydrogens is 569 g/mol. The second kappa shape index (κ2) is 10.1. The van der Waals surface area contributed by atoms with Crippen LogP contribution >= 0.6 is 11.6 Å². The van der Waals surface area contributed by atoms with Gasteiger partial charge in [-0.05, 0) is 55.2 Å². The fourth-order valence-electron chi connectivity index (χ4n) is 5.78. The van der Waals surface area contributed by atoms with Gasteiger partial charge in [0.15, 0.2) is 27.3 Å². The molecule has 0 aliphatic heterocycles. The second-order valence-electron chi connectivity index (χ2n) is 9.97. The van der Waals surface area contributed by atoms with E-state index in [1.165, 1.54) is 12.1 Å². The highest BCUT2D eigenvalue weighted by Gasteiger charge is 2.63. The van der Waals surface area contributed by atoms with Gasteiger partial charge in [-0.2, -0.15) is 0 Å². The lowest BCUT2D eigenvalue weighted by Gasteiger charge is -2.63. The zero-order chi connectivity index (χ0) is 28.2. The number of anilines is 1. The van der Waals surface area contributed by atoms with E-state index in [9.17, 15) is 39.9 Å². The number of rotatable bonds is 8. The SMILES string of the molecule is CC1C2CC(S(=O)(=O)c3cc(C(=O)Nc4cc(F)c(F)c(F)c4)ccc3Cl)CC1C2(O)CCNS(C)(=O)=O. The van der Waals surface area contributed by atoms with Crippen molar-refractivity contribution in [3.05, 3.63) is 58.4 Å². The first-order valence-corrected chi connectivity index (χ1v) is 15.5. The van der Waals surface area contributed by atoms with Gasteiger partial charge in [-0.15, -0.1) is 0 Å². The third-order valence-corrected chi connectivity index (χ3v) is 11.0. The van der Waals surface area contributed by atoms with Crippen molar-refractivity contribution in [3.8, 4) is 0 Å². The molecule has 0 spiro atoms. The average molecular weight is 595 g/mol. The lowest BCUT2D eigenvalue weighted by Crippen LogP contribution is -2.67. The summed E-state index contributed by atoms with van der Waals surface area (Å²) in [4.78, 5) is 12.4. The maximum atomic E-state index is 13.6. The summed E-state index contributed by atoms with van der Waals surface area (Å²) in [5.41, 5.74) is -1.72. The monoisotopic (exact) mass is 594 g/mol. The number of amides is 1. The van der Waals surface area contributed by atoms with E-state index in [2.05, 4.69) is 10.0 Å². The molecule has 208 valence electrons. The number of hydrogen-bond acceptors (Lipinski definition) is 6. The Bertz CT molecular complexity index is 1470. The van der Waals surface area contributed by atoms with Crippen molar-refractivity contribution in [3.63, 3.8) is 0 Å². The first-order chi connectivity index (χ1) is 17.5. The second-order valence-corrected chi connectivity index (χ2v) is 14.4. The zero-order valence-corrected chi connectivity index (χ0v) is 22.7. The molecule has 3 fully saturated rings. The van der Waals surface area contributed by atoms with E-state index < -0.39 is 54.1 Å².